The number of anilines is 1. The first-order valence-electron chi connectivity index (χ1n) is 14.5. The summed E-state index contributed by atoms with van der Waals surface area (Å²) in [6, 6.07) is 17.0. The van der Waals surface area contributed by atoms with Gasteiger partial charge in [-0.3, -0.25) is 9.59 Å². The third-order valence-corrected chi connectivity index (χ3v) is 8.24. The molecule has 1 aliphatic heterocycles. The van der Waals surface area contributed by atoms with Crippen LogP contribution in [0.3, 0.4) is 0 Å². The standard InChI is InChI=1S/C34H36N4O7S/c1-20-9-7-8-10-23(20)17-38(30(39)18-46-34-35-21(2)13-22(3)36-34)31(24-14-28(41-4)32(43-6)29(15-24)42-5)33(40)37-25-11-12-26-27(16-25)45-19-44-26/h7-16,31H,17-19H2,1-6H3,(H,37,40). The molecule has 1 aliphatic rings. The van der Waals surface area contributed by atoms with Crippen LogP contribution in [0.25, 0.3) is 0 Å². The quantitative estimate of drug-likeness (QED) is 0.153. The highest BCUT2D eigenvalue weighted by atomic mass is 32.2. The summed E-state index contributed by atoms with van der Waals surface area (Å²) in [6.07, 6.45) is 0. The zero-order valence-corrected chi connectivity index (χ0v) is 27.4. The summed E-state index contributed by atoms with van der Waals surface area (Å²) >= 11 is 1.22. The summed E-state index contributed by atoms with van der Waals surface area (Å²) in [4.78, 5) is 39.3. The van der Waals surface area contributed by atoms with Crippen molar-refractivity contribution < 1.29 is 33.3 Å². The van der Waals surface area contributed by atoms with E-state index in [1.165, 1.54) is 33.1 Å². The number of carbonyl (C=O) groups excluding carboxylic acids is 2. The van der Waals surface area contributed by atoms with Crippen LogP contribution in [-0.4, -0.2) is 60.6 Å². The van der Waals surface area contributed by atoms with Gasteiger partial charge in [-0.2, -0.15) is 0 Å². The van der Waals surface area contributed by atoms with Crippen LogP contribution in [0, 0.1) is 20.8 Å². The summed E-state index contributed by atoms with van der Waals surface area (Å²) in [5, 5.41) is 3.47. The van der Waals surface area contributed by atoms with Crippen molar-refractivity contribution in [1.82, 2.24) is 14.9 Å². The predicted molar refractivity (Wildman–Crippen MR) is 174 cm³/mol. The van der Waals surface area contributed by atoms with E-state index in [0.29, 0.717) is 45.2 Å². The van der Waals surface area contributed by atoms with Crippen molar-refractivity contribution >= 4 is 29.3 Å². The first kappa shape index (κ1) is 32.4. The van der Waals surface area contributed by atoms with E-state index >= 15 is 0 Å². The molecule has 0 aliphatic carbocycles. The number of hydrogen-bond acceptors (Lipinski definition) is 10. The van der Waals surface area contributed by atoms with Gasteiger partial charge in [0.15, 0.2) is 28.2 Å². The van der Waals surface area contributed by atoms with Crippen molar-refractivity contribution in [3.05, 3.63) is 88.7 Å². The highest BCUT2D eigenvalue weighted by Gasteiger charge is 2.34. The smallest absolute Gasteiger partial charge is 0.251 e. The molecule has 0 saturated heterocycles. The van der Waals surface area contributed by atoms with Gasteiger partial charge < -0.3 is 33.9 Å². The van der Waals surface area contributed by atoms with Crippen LogP contribution >= 0.6 is 11.8 Å². The van der Waals surface area contributed by atoms with E-state index in [4.69, 9.17) is 23.7 Å². The fraction of sp³-hybridized carbons (Fsp3) is 0.294. The number of nitrogens with one attached hydrogen (secondary N) is 1. The van der Waals surface area contributed by atoms with Gasteiger partial charge in [0.1, 0.15) is 6.04 Å². The van der Waals surface area contributed by atoms with Crippen molar-refractivity contribution in [1.29, 1.82) is 0 Å². The van der Waals surface area contributed by atoms with E-state index in [2.05, 4.69) is 15.3 Å². The number of benzene rings is 3. The van der Waals surface area contributed by atoms with E-state index in [9.17, 15) is 9.59 Å². The molecular weight excluding hydrogens is 608 g/mol. The molecule has 0 fully saturated rings. The number of thioether (sulfide) groups is 1. The average molecular weight is 645 g/mol. The molecule has 0 bridgehead atoms. The van der Waals surface area contributed by atoms with Crippen LogP contribution in [-0.2, 0) is 16.1 Å². The fourth-order valence-corrected chi connectivity index (χ4v) is 6.01. The largest absolute Gasteiger partial charge is 0.493 e. The number of fused-ring (bicyclic) bond motifs is 1. The molecule has 240 valence electrons. The number of aryl methyl sites for hydroxylation is 3. The maximum absolute atomic E-state index is 14.4. The van der Waals surface area contributed by atoms with E-state index in [1.54, 1.807) is 35.2 Å². The SMILES string of the molecule is COc1cc(C(C(=O)Nc2ccc3c(c2)OCO3)N(Cc2ccccc2C)C(=O)CSc2nc(C)cc(C)n2)cc(OC)c1OC. The zero-order valence-electron chi connectivity index (χ0n) is 26.6. The van der Waals surface area contributed by atoms with Gasteiger partial charge in [0.2, 0.25) is 18.4 Å². The van der Waals surface area contributed by atoms with Crippen LogP contribution in [0.1, 0.15) is 34.1 Å². The van der Waals surface area contributed by atoms with Gasteiger partial charge in [-0.05, 0) is 67.8 Å². The lowest BCUT2D eigenvalue weighted by atomic mass is 10.0. The van der Waals surface area contributed by atoms with E-state index < -0.39 is 11.9 Å². The zero-order chi connectivity index (χ0) is 32.8. The van der Waals surface area contributed by atoms with Crippen LogP contribution < -0.4 is 29.0 Å². The van der Waals surface area contributed by atoms with Crippen LogP contribution in [0.2, 0.25) is 0 Å². The number of amides is 2. The maximum atomic E-state index is 14.4. The third kappa shape index (κ3) is 7.28. The molecule has 0 saturated carbocycles. The Bertz CT molecular complexity index is 1700. The fourth-order valence-electron chi connectivity index (χ4n) is 5.18. The molecule has 1 aromatic heterocycles. The minimum Gasteiger partial charge on any atom is -0.493 e. The summed E-state index contributed by atoms with van der Waals surface area (Å²) in [5.41, 5.74) is 4.41. The van der Waals surface area contributed by atoms with E-state index in [-0.39, 0.29) is 25.0 Å². The van der Waals surface area contributed by atoms with Crippen molar-refractivity contribution in [2.45, 2.75) is 38.5 Å². The summed E-state index contributed by atoms with van der Waals surface area (Å²) in [6.45, 7) is 5.98. The minimum absolute atomic E-state index is 0.00694. The molecule has 12 heteroatoms. The second kappa shape index (κ2) is 14.4. The highest BCUT2D eigenvalue weighted by molar-refractivity contribution is 7.99. The Labute approximate surface area is 272 Å². The predicted octanol–water partition coefficient (Wildman–Crippen LogP) is 5.66. The Morgan fingerprint density at radius 3 is 2.22 bits per heavy atom. The van der Waals surface area contributed by atoms with Crippen LogP contribution in [0.5, 0.6) is 28.7 Å². The molecule has 46 heavy (non-hydrogen) atoms. The number of methoxy groups -OCH3 is 3. The van der Waals surface area contributed by atoms with Gasteiger partial charge in [-0.15, -0.1) is 0 Å². The molecule has 11 nitrogen and oxygen atoms in total. The number of carbonyl (C=O) groups is 2. The lowest BCUT2D eigenvalue weighted by Gasteiger charge is -2.32. The lowest BCUT2D eigenvalue weighted by molar-refractivity contribution is -0.137. The number of rotatable bonds is 12. The summed E-state index contributed by atoms with van der Waals surface area (Å²) in [7, 11) is 4.50. The average Bonchev–Trinajstić information content (AvgIpc) is 3.51. The lowest BCUT2D eigenvalue weighted by Crippen LogP contribution is -2.42. The second-order valence-electron chi connectivity index (χ2n) is 10.6. The number of hydrogen-bond donors (Lipinski definition) is 1. The van der Waals surface area contributed by atoms with Gasteiger partial charge in [0, 0.05) is 29.7 Å². The second-order valence-corrected chi connectivity index (χ2v) is 11.5. The third-order valence-electron chi connectivity index (χ3n) is 7.41. The van der Waals surface area contributed by atoms with Gasteiger partial charge in [0.05, 0.1) is 27.1 Å². The molecule has 2 heterocycles. The molecule has 0 radical (unpaired) electrons. The topological polar surface area (TPSA) is 121 Å². The number of nitrogens with zero attached hydrogens (tertiary/aromatic N) is 3. The minimum atomic E-state index is -1.12. The normalized spacial score (nSPS) is 12.3. The van der Waals surface area contributed by atoms with E-state index in [1.807, 2.05) is 51.1 Å². The molecule has 1 atom stereocenters. The van der Waals surface area contributed by atoms with Crippen LogP contribution in [0.4, 0.5) is 5.69 Å². The maximum Gasteiger partial charge on any atom is 0.251 e. The van der Waals surface area contributed by atoms with Gasteiger partial charge in [-0.25, -0.2) is 9.97 Å². The Morgan fingerprint density at radius 1 is 0.891 bits per heavy atom. The molecular formula is C34H36N4O7S. The Morgan fingerprint density at radius 2 is 1.57 bits per heavy atom. The molecule has 1 unspecified atom stereocenters. The van der Waals surface area contributed by atoms with Crippen molar-refractivity contribution in [3.8, 4) is 28.7 Å². The Balaban J connectivity index is 1.59. The van der Waals surface area contributed by atoms with Crippen molar-refractivity contribution in [2.24, 2.45) is 0 Å². The number of ether oxygens (including phenoxy) is 5. The van der Waals surface area contributed by atoms with Gasteiger partial charge >= 0.3 is 0 Å². The Kier molecular flexibility index (Phi) is 10.2. The first-order valence-corrected chi connectivity index (χ1v) is 15.5. The molecule has 2 amide bonds. The molecule has 4 aromatic rings. The summed E-state index contributed by atoms with van der Waals surface area (Å²) in [5.74, 6) is 1.40. The van der Waals surface area contributed by atoms with E-state index in [0.717, 1.165) is 22.5 Å². The number of aromatic nitrogens is 2. The van der Waals surface area contributed by atoms with Gasteiger partial charge in [0.25, 0.3) is 5.91 Å². The van der Waals surface area contributed by atoms with Crippen molar-refractivity contribution in [2.75, 3.05) is 39.2 Å². The van der Waals surface area contributed by atoms with Gasteiger partial charge in [-0.1, -0.05) is 36.0 Å². The first-order chi connectivity index (χ1) is 22.2. The Hall–Kier alpha value is -4.97. The molecule has 5 rings (SSSR count). The van der Waals surface area contributed by atoms with Crippen LogP contribution in [0.15, 0.2) is 65.8 Å². The molecule has 0 spiro atoms. The molecule has 1 N–H and O–H groups in total. The monoisotopic (exact) mass is 644 g/mol. The highest BCUT2D eigenvalue weighted by Crippen LogP contribution is 2.42. The molecule has 3 aromatic carbocycles. The van der Waals surface area contributed by atoms with Crippen molar-refractivity contribution in [3.63, 3.8) is 0 Å². The summed E-state index contributed by atoms with van der Waals surface area (Å²) < 4.78 is 27.8.